The van der Waals surface area contributed by atoms with Crippen LogP contribution in [0.2, 0.25) is 0 Å². The first-order chi connectivity index (χ1) is 10.8. The van der Waals surface area contributed by atoms with Gasteiger partial charge in [0.25, 0.3) is 0 Å². The van der Waals surface area contributed by atoms with Crippen molar-refractivity contribution < 1.29 is 15.0 Å². The predicted octanol–water partition coefficient (Wildman–Crippen LogP) is 3.25. The summed E-state index contributed by atoms with van der Waals surface area (Å²) in [7, 11) is 0. The summed E-state index contributed by atoms with van der Waals surface area (Å²) in [5.74, 6) is 0.669. The van der Waals surface area contributed by atoms with Crippen LogP contribution in [0, 0.1) is 23.7 Å². The highest BCUT2D eigenvalue weighted by Gasteiger charge is 2.41. The van der Waals surface area contributed by atoms with E-state index < -0.39 is 6.10 Å². The van der Waals surface area contributed by atoms with Gasteiger partial charge in [0.15, 0.2) is 0 Å². The Bertz CT molecular complexity index is 543. The number of amides is 1. The molecule has 1 aromatic rings. The number of carbonyl (C=O) groups excluding carboxylic acids is 1. The number of benzene rings is 1. The molecule has 0 aromatic heterocycles. The summed E-state index contributed by atoms with van der Waals surface area (Å²) in [6.07, 6.45) is 1.18. The minimum Gasteiger partial charge on any atom is -0.508 e. The highest BCUT2D eigenvalue weighted by molar-refractivity contribution is 5.79. The van der Waals surface area contributed by atoms with Crippen LogP contribution in [0.1, 0.15) is 52.1 Å². The molecule has 128 valence electrons. The van der Waals surface area contributed by atoms with Gasteiger partial charge < -0.3 is 15.5 Å². The summed E-state index contributed by atoms with van der Waals surface area (Å²) in [5.41, 5.74) is 0.879. The molecule has 5 atom stereocenters. The molecule has 0 spiro atoms. The lowest BCUT2D eigenvalue weighted by Gasteiger charge is -2.40. The SMILES string of the molecule is CC1CC(O)C(C(C)C)[C@H](C(=O)NC(C)c2cccc(O)c2)C1. The van der Waals surface area contributed by atoms with Crippen LogP contribution in [0.15, 0.2) is 24.3 Å². The number of phenols is 1. The number of carbonyl (C=O) groups is 1. The van der Waals surface area contributed by atoms with Crippen LogP contribution < -0.4 is 5.32 Å². The highest BCUT2D eigenvalue weighted by Crippen LogP contribution is 2.38. The maximum atomic E-state index is 12.8. The lowest BCUT2D eigenvalue weighted by atomic mass is 9.68. The Morgan fingerprint density at radius 2 is 1.96 bits per heavy atom. The molecule has 0 heterocycles. The fraction of sp³-hybridized carbons (Fsp3) is 0.632. The lowest BCUT2D eigenvalue weighted by Crippen LogP contribution is -2.46. The number of nitrogens with one attached hydrogen (secondary N) is 1. The number of hydrogen-bond acceptors (Lipinski definition) is 3. The van der Waals surface area contributed by atoms with E-state index in [4.69, 9.17) is 0 Å². The quantitative estimate of drug-likeness (QED) is 0.798. The van der Waals surface area contributed by atoms with Crippen LogP contribution in [-0.4, -0.2) is 22.2 Å². The molecule has 0 aliphatic heterocycles. The molecular formula is C19H29NO3. The molecule has 0 radical (unpaired) electrons. The summed E-state index contributed by atoms with van der Waals surface area (Å²) in [6.45, 7) is 8.16. The Labute approximate surface area is 138 Å². The van der Waals surface area contributed by atoms with Crippen LogP contribution in [0.4, 0.5) is 0 Å². The Morgan fingerprint density at radius 3 is 2.57 bits per heavy atom. The number of aromatic hydroxyl groups is 1. The molecule has 1 saturated carbocycles. The average Bonchev–Trinajstić information content (AvgIpc) is 2.45. The summed E-state index contributed by atoms with van der Waals surface area (Å²) in [5, 5.41) is 23.0. The van der Waals surface area contributed by atoms with Crippen LogP contribution in [0.25, 0.3) is 0 Å². The van der Waals surface area contributed by atoms with Crippen LogP contribution >= 0.6 is 0 Å². The van der Waals surface area contributed by atoms with E-state index in [-0.39, 0.29) is 35.5 Å². The van der Waals surface area contributed by atoms with E-state index in [1.54, 1.807) is 18.2 Å². The molecule has 4 unspecified atom stereocenters. The number of hydrogen-bond donors (Lipinski definition) is 3. The topological polar surface area (TPSA) is 69.6 Å². The molecule has 1 aliphatic rings. The first-order valence-electron chi connectivity index (χ1n) is 8.57. The Balaban J connectivity index is 2.11. The van der Waals surface area contributed by atoms with Crippen molar-refractivity contribution in [2.75, 3.05) is 0 Å². The first kappa shape index (κ1) is 17.8. The van der Waals surface area contributed by atoms with Gasteiger partial charge in [-0.1, -0.05) is 32.9 Å². The fourth-order valence-electron chi connectivity index (χ4n) is 3.91. The minimum atomic E-state index is -0.412. The summed E-state index contributed by atoms with van der Waals surface area (Å²) >= 11 is 0. The van der Waals surface area contributed by atoms with Gasteiger partial charge in [0.2, 0.25) is 5.91 Å². The summed E-state index contributed by atoms with van der Waals surface area (Å²) in [4.78, 5) is 12.8. The standard InChI is InChI=1S/C19H29NO3/c1-11(2)18-16(8-12(3)9-17(18)22)19(23)20-13(4)14-6-5-7-15(21)10-14/h5-7,10-13,16-18,21-22H,8-9H2,1-4H3,(H,20,23)/t12?,13?,16-,17?,18?/m1/s1. The van der Waals surface area contributed by atoms with Gasteiger partial charge in [0.1, 0.15) is 5.75 Å². The average molecular weight is 319 g/mol. The Morgan fingerprint density at radius 1 is 1.26 bits per heavy atom. The molecule has 2 rings (SSSR count). The maximum Gasteiger partial charge on any atom is 0.223 e. The van der Waals surface area contributed by atoms with E-state index >= 15 is 0 Å². The molecular weight excluding hydrogens is 290 g/mol. The van der Waals surface area contributed by atoms with Crippen molar-refractivity contribution in [3.8, 4) is 5.75 Å². The van der Waals surface area contributed by atoms with Gasteiger partial charge in [-0.3, -0.25) is 4.79 Å². The van der Waals surface area contributed by atoms with Crippen molar-refractivity contribution in [2.24, 2.45) is 23.7 Å². The zero-order chi connectivity index (χ0) is 17.1. The predicted molar refractivity (Wildman–Crippen MR) is 90.9 cm³/mol. The van der Waals surface area contributed by atoms with Gasteiger partial charge in [-0.25, -0.2) is 0 Å². The third kappa shape index (κ3) is 4.25. The number of rotatable bonds is 4. The van der Waals surface area contributed by atoms with E-state index in [0.29, 0.717) is 5.92 Å². The third-order valence-electron chi connectivity index (χ3n) is 5.04. The van der Waals surface area contributed by atoms with Crippen molar-refractivity contribution >= 4 is 5.91 Å². The Hall–Kier alpha value is -1.55. The molecule has 1 aromatic carbocycles. The van der Waals surface area contributed by atoms with Gasteiger partial charge in [-0.15, -0.1) is 0 Å². The van der Waals surface area contributed by atoms with E-state index in [2.05, 4.69) is 26.1 Å². The molecule has 1 fully saturated rings. The molecule has 1 amide bonds. The van der Waals surface area contributed by atoms with Crippen molar-refractivity contribution in [2.45, 2.75) is 52.7 Å². The third-order valence-corrected chi connectivity index (χ3v) is 5.04. The number of aliphatic hydroxyl groups excluding tert-OH is 1. The Kier molecular flexibility index (Phi) is 5.69. The van der Waals surface area contributed by atoms with Crippen LogP contribution in [0.5, 0.6) is 5.75 Å². The van der Waals surface area contributed by atoms with E-state index in [0.717, 1.165) is 18.4 Å². The van der Waals surface area contributed by atoms with Gasteiger partial charge in [-0.05, 0) is 55.2 Å². The maximum absolute atomic E-state index is 12.8. The number of aliphatic hydroxyl groups is 1. The molecule has 23 heavy (non-hydrogen) atoms. The summed E-state index contributed by atoms with van der Waals surface area (Å²) < 4.78 is 0. The number of phenolic OH excluding ortho intramolecular Hbond substituents is 1. The van der Waals surface area contributed by atoms with Gasteiger partial charge in [-0.2, -0.15) is 0 Å². The van der Waals surface area contributed by atoms with Crippen LogP contribution in [-0.2, 0) is 4.79 Å². The minimum absolute atomic E-state index is 0.00239. The van der Waals surface area contributed by atoms with Gasteiger partial charge in [0, 0.05) is 5.92 Å². The fourth-order valence-corrected chi connectivity index (χ4v) is 3.91. The van der Waals surface area contributed by atoms with Crippen molar-refractivity contribution in [1.82, 2.24) is 5.32 Å². The molecule has 4 nitrogen and oxygen atoms in total. The molecule has 4 heteroatoms. The van der Waals surface area contributed by atoms with E-state index in [9.17, 15) is 15.0 Å². The van der Waals surface area contributed by atoms with Crippen molar-refractivity contribution in [1.29, 1.82) is 0 Å². The second kappa shape index (κ2) is 7.35. The molecule has 0 saturated heterocycles. The molecule has 1 aliphatic carbocycles. The monoisotopic (exact) mass is 319 g/mol. The highest BCUT2D eigenvalue weighted by atomic mass is 16.3. The van der Waals surface area contributed by atoms with Crippen molar-refractivity contribution in [3.05, 3.63) is 29.8 Å². The second-order valence-electron chi connectivity index (χ2n) is 7.40. The van der Waals surface area contributed by atoms with E-state index in [1.807, 2.05) is 13.0 Å². The zero-order valence-electron chi connectivity index (χ0n) is 14.5. The van der Waals surface area contributed by atoms with Crippen molar-refractivity contribution in [3.63, 3.8) is 0 Å². The lowest BCUT2D eigenvalue weighted by molar-refractivity contribution is -0.134. The zero-order valence-corrected chi connectivity index (χ0v) is 14.5. The van der Waals surface area contributed by atoms with Gasteiger partial charge >= 0.3 is 0 Å². The smallest absolute Gasteiger partial charge is 0.223 e. The first-order valence-corrected chi connectivity index (χ1v) is 8.57. The molecule has 3 N–H and O–H groups in total. The van der Waals surface area contributed by atoms with Gasteiger partial charge in [0.05, 0.1) is 12.1 Å². The van der Waals surface area contributed by atoms with E-state index in [1.165, 1.54) is 0 Å². The molecule has 0 bridgehead atoms. The normalized spacial score (nSPS) is 29.3. The van der Waals surface area contributed by atoms with Crippen LogP contribution in [0.3, 0.4) is 0 Å². The largest absolute Gasteiger partial charge is 0.508 e. The second-order valence-corrected chi connectivity index (χ2v) is 7.40. The summed E-state index contributed by atoms with van der Waals surface area (Å²) in [6, 6.07) is 6.78.